The zero-order chi connectivity index (χ0) is 14.0. The number of hydrogen-bond donors (Lipinski definition) is 0. The second kappa shape index (κ2) is 5.84. The summed E-state index contributed by atoms with van der Waals surface area (Å²) in [4.78, 5) is 12.3. The van der Waals surface area contributed by atoms with Crippen molar-refractivity contribution in [3.05, 3.63) is 62.3 Å². The van der Waals surface area contributed by atoms with E-state index in [4.69, 9.17) is 4.74 Å². The van der Waals surface area contributed by atoms with Gasteiger partial charge in [0.05, 0.1) is 12.7 Å². The van der Waals surface area contributed by atoms with Gasteiger partial charge in [-0.3, -0.25) is 4.79 Å². The van der Waals surface area contributed by atoms with Crippen LogP contribution in [-0.2, 0) is 0 Å². The molecule has 5 heteroatoms. The maximum Gasteiger partial charge on any atom is 0.197 e. The summed E-state index contributed by atoms with van der Waals surface area (Å²) in [5, 5.41) is 0. The average Bonchev–Trinajstić information content (AvgIpc) is 2.40. The molecule has 0 saturated heterocycles. The molecule has 0 bridgehead atoms. The molecule has 0 aliphatic carbocycles. The highest BCUT2D eigenvalue weighted by Crippen LogP contribution is 2.26. The summed E-state index contributed by atoms with van der Waals surface area (Å²) < 4.78 is 20.0. The highest BCUT2D eigenvalue weighted by atomic mass is 79.9. The van der Waals surface area contributed by atoms with E-state index in [1.807, 2.05) is 0 Å². The van der Waals surface area contributed by atoms with E-state index in [1.54, 1.807) is 24.3 Å². The van der Waals surface area contributed by atoms with E-state index in [-0.39, 0.29) is 11.3 Å². The van der Waals surface area contributed by atoms with Gasteiger partial charge in [-0.15, -0.1) is 0 Å². The van der Waals surface area contributed by atoms with Gasteiger partial charge in [-0.2, -0.15) is 0 Å². The molecule has 2 rings (SSSR count). The van der Waals surface area contributed by atoms with Gasteiger partial charge in [0.25, 0.3) is 0 Å². The number of methoxy groups -OCH3 is 1. The Morgan fingerprint density at radius 2 is 1.84 bits per heavy atom. The summed E-state index contributed by atoms with van der Waals surface area (Å²) in [7, 11) is 1.54. The molecule has 0 atom stereocenters. The minimum atomic E-state index is -0.545. The number of carbonyl (C=O) groups excluding carboxylic acids is 1. The lowest BCUT2D eigenvalue weighted by molar-refractivity contribution is 0.103. The lowest BCUT2D eigenvalue weighted by atomic mass is 10.0. The van der Waals surface area contributed by atoms with E-state index in [2.05, 4.69) is 31.9 Å². The SMILES string of the molecule is COc1ccc(C(=O)c2cc(Br)ccc2F)c(Br)c1. The van der Waals surface area contributed by atoms with E-state index in [9.17, 15) is 9.18 Å². The Balaban J connectivity index is 2.47. The molecular weight excluding hydrogens is 379 g/mol. The number of rotatable bonds is 3. The van der Waals surface area contributed by atoms with Gasteiger partial charge in [0.15, 0.2) is 5.78 Å². The van der Waals surface area contributed by atoms with Crippen molar-refractivity contribution in [1.29, 1.82) is 0 Å². The van der Waals surface area contributed by atoms with Crippen molar-refractivity contribution >= 4 is 37.6 Å². The van der Waals surface area contributed by atoms with Gasteiger partial charge in [-0.25, -0.2) is 4.39 Å². The van der Waals surface area contributed by atoms with Crippen molar-refractivity contribution in [3.63, 3.8) is 0 Å². The number of carbonyl (C=O) groups is 1. The molecule has 2 aromatic rings. The lowest BCUT2D eigenvalue weighted by Gasteiger charge is -2.07. The van der Waals surface area contributed by atoms with Crippen LogP contribution in [-0.4, -0.2) is 12.9 Å². The fourth-order valence-corrected chi connectivity index (χ4v) is 2.52. The quantitative estimate of drug-likeness (QED) is 0.720. The van der Waals surface area contributed by atoms with Crippen molar-refractivity contribution in [2.24, 2.45) is 0 Å². The Labute approximate surface area is 126 Å². The van der Waals surface area contributed by atoms with Crippen molar-refractivity contribution in [2.45, 2.75) is 0 Å². The molecule has 0 heterocycles. The molecule has 0 N–H and O–H groups in total. The third-order valence-corrected chi connectivity index (χ3v) is 3.74. The standard InChI is InChI=1S/C14H9Br2FO2/c1-19-9-3-4-10(12(16)7-9)14(18)11-6-8(15)2-5-13(11)17/h2-7H,1H3. The zero-order valence-electron chi connectivity index (χ0n) is 9.91. The minimum Gasteiger partial charge on any atom is -0.497 e. The third kappa shape index (κ3) is 3.04. The molecule has 2 aromatic carbocycles. The van der Waals surface area contributed by atoms with E-state index in [0.717, 1.165) is 0 Å². The summed E-state index contributed by atoms with van der Waals surface area (Å²) in [6, 6.07) is 9.21. The molecule has 0 aliphatic heterocycles. The van der Waals surface area contributed by atoms with Crippen LogP contribution in [0.4, 0.5) is 4.39 Å². The first-order valence-corrected chi connectivity index (χ1v) is 6.95. The molecule has 2 nitrogen and oxygen atoms in total. The van der Waals surface area contributed by atoms with Gasteiger partial charge in [-0.05, 0) is 52.3 Å². The predicted octanol–water partition coefficient (Wildman–Crippen LogP) is 4.59. The summed E-state index contributed by atoms with van der Waals surface area (Å²) in [5.41, 5.74) is 0.415. The van der Waals surface area contributed by atoms with E-state index >= 15 is 0 Å². The number of ether oxygens (including phenoxy) is 1. The first kappa shape index (κ1) is 14.2. The molecule has 0 spiro atoms. The summed E-state index contributed by atoms with van der Waals surface area (Å²) in [6.45, 7) is 0. The fourth-order valence-electron chi connectivity index (χ4n) is 1.62. The normalized spacial score (nSPS) is 10.3. The smallest absolute Gasteiger partial charge is 0.197 e. The molecule has 0 aromatic heterocycles. The Hall–Kier alpha value is -1.20. The highest BCUT2D eigenvalue weighted by molar-refractivity contribution is 9.10. The first-order valence-electron chi connectivity index (χ1n) is 5.36. The number of hydrogen-bond acceptors (Lipinski definition) is 2. The van der Waals surface area contributed by atoms with Crippen LogP contribution in [0.2, 0.25) is 0 Å². The molecule has 0 aliphatic rings. The van der Waals surface area contributed by atoms with Gasteiger partial charge in [0.2, 0.25) is 0 Å². The largest absolute Gasteiger partial charge is 0.497 e. The molecule has 19 heavy (non-hydrogen) atoms. The van der Waals surface area contributed by atoms with Crippen LogP contribution in [0.3, 0.4) is 0 Å². The Morgan fingerprint density at radius 1 is 1.11 bits per heavy atom. The molecular formula is C14H9Br2FO2. The lowest BCUT2D eigenvalue weighted by Crippen LogP contribution is -2.05. The summed E-state index contributed by atoms with van der Waals surface area (Å²) >= 11 is 6.52. The van der Waals surface area contributed by atoms with Crippen LogP contribution in [0.5, 0.6) is 5.75 Å². The van der Waals surface area contributed by atoms with E-state index < -0.39 is 5.82 Å². The van der Waals surface area contributed by atoms with Crippen LogP contribution < -0.4 is 4.74 Å². The van der Waals surface area contributed by atoms with Gasteiger partial charge in [-0.1, -0.05) is 15.9 Å². The van der Waals surface area contributed by atoms with Crippen LogP contribution in [0.15, 0.2) is 45.3 Å². The number of halogens is 3. The van der Waals surface area contributed by atoms with Gasteiger partial charge in [0.1, 0.15) is 11.6 Å². The highest BCUT2D eigenvalue weighted by Gasteiger charge is 2.17. The summed E-state index contributed by atoms with van der Waals surface area (Å²) in [5.74, 6) is -0.303. The molecule has 0 unspecified atom stereocenters. The molecule has 0 amide bonds. The Morgan fingerprint density at radius 3 is 2.47 bits per heavy atom. The van der Waals surface area contributed by atoms with Crippen LogP contribution >= 0.6 is 31.9 Å². The summed E-state index contributed by atoms with van der Waals surface area (Å²) in [6.07, 6.45) is 0. The minimum absolute atomic E-state index is 0.0280. The Bertz CT molecular complexity index is 641. The van der Waals surface area contributed by atoms with Gasteiger partial charge < -0.3 is 4.74 Å². The Kier molecular flexibility index (Phi) is 4.37. The maximum absolute atomic E-state index is 13.7. The molecule has 0 saturated carbocycles. The average molecular weight is 388 g/mol. The topological polar surface area (TPSA) is 26.3 Å². The van der Waals surface area contributed by atoms with Crippen LogP contribution in [0.1, 0.15) is 15.9 Å². The number of ketones is 1. The predicted molar refractivity (Wildman–Crippen MR) is 78.2 cm³/mol. The molecule has 0 fully saturated rings. The van der Waals surface area contributed by atoms with Crippen LogP contribution in [0, 0.1) is 5.82 Å². The van der Waals surface area contributed by atoms with Crippen LogP contribution in [0.25, 0.3) is 0 Å². The van der Waals surface area contributed by atoms with Gasteiger partial charge >= 0.3 is 0 Å². The maximum atomic E-state index is 13.7. The fraction of sp³-hybridized carbons (Fsp3) is 0.0714. The van der Waals surface area contributed by atoms with Crippen molar-refractivity contribution in [3.8, 4) is 5.75 Å². The van der Waals surface area contributed by atoms with Crippen molar-refractivity contribution in [2.75, 3.05) is 7.11 Å². The zero-order valence-corrected chi connectivity index (χ0v) is 13.1. The first-order chi connectivity index (χ1) is 9.02. The second-order valence-corrected chi connectivity index (χ2v) is 5.57. The monoisotopic (exact) mass is 386 g/mol. The number of benzene rings is 2. The molecule has 0 radical (unpaired) electrons. The van der Waals surface area contributed by atoms with Crippen molar-refractivity contribution < 1.29 is 13.9 Å². The van der Waals surface area contributed by atoms with E-state index in [0.29, 0.717) is 20.3 Å². The molecule has 98 valence electrons. The van der Waals surface area contributed by atoms with Crippen molar-refractivity contribution in [1.82, 2.24) is 0 Å². The second-order valence-electron chi connectivity index (χ2n) is 3.80. The third-order valence-electron chi connectivity index (χ3n) is 2.59. The van der Waals surface area contributed by atoms with Gasteiger partial charge in [0, 0.05) is 14.5 Å². The van der Waals surface area contributed by atoms with E-state index in [1.165, 1.54) is 19.2 Å².